The number of hydrogen-bond donors (Lipinski definition) is 1. The van der Waals surface area contributed by atoms with Crippen molar-refractivity contribution in [3.8, 4) is 0 Å². The molecule has 0 saturated heterocycles. The molecule has 0 atom stereocenters. The second-order valence-corrected chi connectivity index (χ2v) is 7.48. The molecule has 3 nitrogen and oxygen atoms in total. The van der Waals surface area contributed by atoms with Crippen molar-refractivity contribution in [2.24, 2.45) is 0 Å². The van der Waals surface area contributed by atoms with Crippen LogP contribution < -0.4 is 5.32 Å². The summed E-state index contributed by atoms with van der Waals surface area (Å²) in [5.74, 6) is 1.78. The number of thiophene rings is 1. The van der Waals surface area contributed by atoms with Gasteiger partial charge in [-0.1, -0.05) is 6.92 Å². The van der Waals surface area contributed by atoms with Crippen molar-refractivity contribution in [2.45, 2.75) is 26.2 Å². The highest BCUT2D eigenvalue weighted by Crippen LogP contribution is 2.22. The molecule has 2 aromatic heterocycles. The number of halogens is 2. The first-order chi connectivity index (χ1) is 9.17. The van der Waals surface area contributed by atoms with E-state index < -0.39 is 0 Å². The Labute approximate surface area is 134 Å². The zero-order valence-corrected chi connectivity index (χ0v) is 14.6. The van der Waals surface area contributed by atoms with Gasteiger partial charge in [-0.05, 0) is 56.8 Å². The number of aromatic nitrogens is 2. The van der Waals surface area contributed by atoms with E-state index >= 15 is 0 Å². The van der Waals surface area contributed by atoms with Gasteiger partial charge in [-0.25, -0.2) is 9.97 Å². The Kier molecular flexibility index (Phi) is 5.78. The summed E-state index contributed by atoms with van der Waals surface area (Å²) in [5.41, 5.74) is 0. The van der Waals surface area contributed by atoms with Crippen molar-refractivity contribution in [3.63, 3.8) is 0 Å². The van der Waals surface area contributed by atoms with E-state index in [9.17, 15) is 0 Å². The molecule has 0 aliphatic heterocycles. The van der Waals surface area contributed by atoms with E-state index in [-0.39, 0.29) is 0 Å². The zero-order valence-electron chi connectivity index (χ0n) is 10.6. The maximum Gasteiger partial charge on any atom is 0.132 e. The summed E-state index contributed by atoms with van der Waals surface area (Å²) in [5, 5.41) is 3.35. The highest BCUT2D eigenvalue weighted by atomic mass is 79.9. The third-order valence-corrected chi connectivity index (χ3v) is 4.61. The molecule has 2 rings (SSSR count). The second-order valence-electron chi connectivity index (χ2n) is 4.12. The van der Waals surface area contributed by atoms with Crippen LogP contribution in [0.1, 0.15) is 24.0 Å². The summed E-state index contributed by atoms with van der Waals surface area (Å²) in [6.45, 7) is 3.01. The molecule has 0 spiro atoms. The normalized spacial score (nSPS) is 10.7. The lowest BCUT2D eigenvalue weighted by Crippen LogP contribution is -2.07. The van der Waals surface area contributed by atoms with Crippen molar-refractivity contribution in [2.75, 3.05) is 11.9 Å². The van der Waals surface area contributed by atoms with Crippen LogP contribution >= 0.6 is 43.2 Å². The van der Waals surface area contributed by atoms with E-state index in [1.54, 1.807) is 11.3 Å². The van der Waals surface area contributed by atoms with Crippen LogP contribution in [-0.4, -0.2) is 16.5 Å². The monoisotopic (exact) mass is 403 g/mol. The maximum atomic E-state index is 4.50. The molecular formula is C13H15Br2N3S. The van der Waals surface area contributed by atoms with E-state index in [0.717, 1.165) is 42.1 Å². The van der Waals surface area contributed by atoms with Gasteiger partial charge in [0.05, 0.1) is 3.79 Å². The summed E-state index contributed by atoms with van der Waals surface area (Å²) in [6, 6.07) is 6.15. The van der Waals surface area contributed by atoms with Gasteiger partial charge in [0, 0.05) is 23.9 Å². The van der Waals surface area contributed by atoms with E-state index in [4.69, 9.17) is 0 Å². The van der Waals surface area contributed by atoms with E-state index in [0.29, 0.717) is 0 Å². The molecule has 2 heterocycles. The molecule has 0 unspecified atom stereocenters. The van der Waals surface area contributed by atoms with Gasteiger partial charge >= 0.3 is 0 Å². The van der Waals surface area contributed by atoms with Crippen LogP contribution in [0.25, 0.3) is 0 Å². The Hall–Kier alpha value is -0.460. The Bertz CT molecular complexity index is 542. The van der Waals surface area contributed by atoms with Gasteiger partial charge in [0.15, 0.2) is 0 Å². The molecule has 0 bridgehead atoms. The molecule has 1 N–H and O–H groups in total. The second kappa shape index (κ2) is 7.36. The highest BCUT2D eigenvalue weighted by molar-refractivity contribution is 9.11. The molecule has 0 aliphatic rings. The molecular weight excluding hydrogens is 390 g/mol. The lowest BCUT2D eigenvalue weighted by molar-refractivity contribution is 0.827. The van der Waals surface area contributed by atoms with E-state index in [2.05, 4.69) is 66.2 Å². The highest BCUT2D eigenvalue weighted by Gasteiger charge is 2.03. The fourth-order valence-electron chi connectivity index (χ4n) is 1.69. The number of hydrogen-bond acceptors (Lipinski definition) is 4. The van der Waals surface area contributed by atoms with Gasteiger partial charge < -0.3 is 5.32 Å². The standard InChI is InChI=1S/C13H15Br2N3S/c1-2-3-12-17-10(14)8-13(18-12)16-7-6-9-4-5-11(15)19-9/h4-5,8H,2-3,6-7H2,1H3,(H,16,17,18). The van der Waals surface area contributed by atoms with Crippen LogP contribution in [0.4, 0.5) is 5.82 Å². The van der Waals surface area contributed by atoms with Crippen molar-refractivity contribution in [1.29, 1.82) is 0 Å². The summed E-state index contributed by atoms with van der Waals surface area (Å²) in [4.78, 5) is 10.2. The van der Waals surface area contributed by atoms with Crippen LogP contribution in [0.15, 0.2) is 26.6 Å². The maximum absolute atomic E-state index is 4.50. The average Bonchev–Trinajstić information content (AvgIpc) is 2.75. The number of anilines is 1. The molecule has 6 heteroatoms. The lowest BCUT2D eigenvalue weighted by atomic mass is 10.3. The van der Waals surface area contributed by atoms with Crippen LogP contribution in [-0.2, 0) is 12.8 Å². The van der Waals surface area contributed by atoms with Gasteiger partial charge in [-0.15, -0.1) is 11.3 Å². The fourth-order valence-corrected chi connectivity index (χ4v) is 3.59. The van der Waals surface area contributed by atoms with Gasteiger partial charge in [0.25, 0.3) is 0 Å². The predicted molar refractivity (Wildman–Crippen MR) is 87.9 cm³/mol. The Morgan fingerprint density at radius 2 is 2.05 bits per heavy atom. The smallest absolute Gasteiger partial charge is 0.132 e. The molecule has 0 fully saturated rings. The van der Waals surface area contributed by atoms with Crippen LogP contribution in [0.2, 0.25) is 0 Å². The number of rotatable bonds is 6. The minimum Gasteiger partial charge on any atom is -0.370 e. The number of nitrogens with zero attached hydrogens (tertiary/aromatic N) is 2. The molecule has 0 aromatic carbocycles. The Balaban J connectivity index is 1.91. The third kappa shape index (κ3) is 4.85. The third-order valence-electron chi connectivity index (χ3n) is 2.52. The van der Waals surface area contributed by atoms with Crippen LogP contribution in [0, 0.1) is 0 Å². The zero-order chi connectivity index (χ0) is 13.7. The van der Waals surface area contributed by atoms with Crippen molar-refractivity contribution >= 4 is 49.0 Å². The predicted octanol–water partition coefficient (Wildman–Crippen LogP) is 4.67. The van der Waals surface area contributed by atoms with Crippen molar-refractivity contribution in [3.05, 3.63) is 37.3 Å². The Morgan fingerprint density at radius 3 is 2.74 bits per heavy atom. The van der Waals surface area contributed by atoms with Crippen LogP contribution in [0.5, 0.6) is 0 Å². The van der Waals surface area contributed by atoms with Gasteiger partial charge in [0.1, 0.15) is 16.2 Å². The van der Waals surface area contributed by atoms with Crippen molar-refractivity contribution in [1.82, 2.24) is 9.97 Å². The van der Waals surface area contributed by atoms with Crippen LogP contribution in [0.3, 0.4) is 0 Å². The molecule has 0 aliphatic carbocycles. The topological polar surface area (TPSA) is 37.8 Å². The quantitative estimate of drug-likeness (QED) is 0.710. The lowest BCUT2D eigenvalue weighted by Gasteiger charge is -2.07. The molecule has 2 aromatic rings. The van der Waals surface area contributed by atoms with Gasteiger partial charge in [-0.3, -0.25) is 0 Å². The van der Waals surface area contributed by atoms with Crippen molar-refractivity contribution < 1.29 is 0 Å². The summed E-state index contributed by atoms with van der Waals surface area (Å²) in [7, 11) is 0. The van der Waals surface area contributed by atoms with Gasteiger partial charge in [-0.2, -0.15) is 0 Å². The SMILES string of the molecule is CCCc1nc(Br)cc(NCCc2ccc(Br)s2)n1. The average molecular weight is 405 g/mol. The van der Waals surface area contributed by atoms with Gasteiger partial charge in [0.2, 0.25) is 0 Å². The molecule has 0 amide bonds. The summed E-state index contributed by atoms with van der Waals surface area (Å²) < 4.78 is 2.02. The molecule has 19 heavy (non-hydrogen) atoms. The largest absolute Gasteiger partial charge is 0.370 e. The number of nitrogens with one attached hydrogen (secondary N) is 1. The molecule has 0 radical (unpaired) electrons. The number of aryl methyl sites for hydroxylation is 1. The summed E-state index contributed by atoms with van der Waals surface area (Å²) >= 11 is 8.68. The first-order valence-corrected chi connectivity index (χ1v) is 8.59. The Morgan fingerprint density at radius 1 is 1.21 bits per heavy atom. The minimum atomic E-state index is 0.840. The first kappa shape index (κ1) is 14.9. The van der Waals surface area contributed by atoms with E-state index in [1.807, 2.05) is 6.07 Å². The summed E-state index contributed by atoms with van der Waals surface area (Å²) in [6.07, 6.45) is 2.96. The fraction of sp³-hybridized carbons (Fsp3) is 0.385. The molecule has 102 valence electrons. The first-order valence-electron chi connectivity index (χ1n) is 6.19. The minimum absolute atomic E-state index is 0.840. The molecule has 0 saturated carbocycles. The van der Waals surface area contributed by atoms with E-state index in [1.165, 1.54) is 8.66 Å².